The van der Waals surface area contributed by atoms with Crippen LogP contribution in [0.15, 0.2) is 48.0 Å². The normalized spacial score (nSPS) is 19.0. The van der Waals surface area contributed by atoms with Gasteiger partial charge in [0.1, 0.15) is 11.6 Å². The van der Waals surface area contributed by atoms with Crippen LogP contribution in [0.3, 0.4) is 0 Å². The highest BCUT2D eigenvalue weighted by molar-refractivity contribution is 6.46. The van der Waals surface area contributed by atoms with Crippen LogP contribution in [0.2, 0.25) is 0 Å². The van der Waals surface area contributed by atoms with Crippen molar-refractivity contribution in [2.45, 2.75) is 33.2 Å². The first-order valence-electron chi connectivity index (χ1n) is 8.97. The number of amides is 1. The summed E-state index contributed by atoms with van der Waals surface area (Å²) in [5, 5.41) is 10.9. The van der Waals surface area contributed by atoms with Gasteiger partial charge in [-0.05, 0) is 55.2 Å². The molecule has 0 aromatic heterocycles. The lowest BCUT2D eigenvalue weighted by Gasteiger charge is -2.26. The molecular formula is C22H22FNO3. The molecule has 1 atom stereocenters. The maximum atomic E-state index is 13.6. The second kappa shape index (κ2) is 7.35. The minimum atomic E-state index is -0.712. The summed E-state index contributed by atoms with van der Waals surface area (Å²) >= 11 is 0. The molecular weight excluding hydrogens is 345 g/mol. The third-order valence-electron chi connectivity index (χ3n) is 4.92. The summed E-state index contributed by atoms with van der Waals surface area (Å²) in [6.45, 7) is 5.82. The third kappa shape index (κ3) is 3.25. The van der Waals surface area contributed by atoms with E-state index in [2.05, 4.69) is 0 Å². The Hall–Kier alpha value is -2.95. The van der Waals surface area contributed by atoms with E-state index in [0.717, 1.165) is 11.1 Å². The summed E-state index contributed by atoms with van der Waals surface area (Å²) in [5.74, 6) is -2.00. The van der Waals surface area contributed by atoms with Crippen molar-refractivity contribution >= 4 is 17.4 Å². The molecule has 0 radical (unpaired) electrons. The van der Waals surface area contributed by atoms with E-state index < -0.39 is 23.5 Å². The van der Waals surface area contributed by atoms with E-state index in [1.54, 1.807) is 6.92 Å². The fraction of sp³-hybridized carbons (Fsp3) is 0.273. The zero-order valence-electron chi connectivity index (χ0n) is 15.6. The Morgan fingerprint density at radius 1 is 1.11 bits per heavy atom. The maximum absolute atomic E-state index is 13.6. The fourth-order valence-corrected chi connectivity index (χ4v) is 3.52. The van der Waals surface area contributed by atoms with Gasteiger partial charge in [-0.3, -0.25) is 9.59 Å². The van der Waals surface area contributed by atoms with E-state index in [-0.39, 0.29) is 11.3 Å². The number of hydrogen-bond acceptors (Lipinski definition) is 3. The van der Waals surface area contributed by atoms with Crippen LogP contribution in [-0.4, -0.2) is 28.2 Å². The molecule has 1 fully saturated rings. The van der Waals surface area contributed by atoms with Gasteiger partial charge < -0.3 is 10.0 Å². The Morgan fingerprint density at radius 3 is 2.44 bits per heavy atom. The molecule has 4 nitrogen and oxygen atoms in total. The molecule has 0 saturated carbocycles. The molecule has 1 heterocycles. The molecule has 1 aliphatic heterocycles. The quantitative estimate of drug-likeness (QED) is 0.499. The summed E-state index contributed by atoms with van der Waals surface area (Å²) in [6.07, 6.45) is 0.686. The first-order chi connectivity index (χ1) is 12.9. The number of aryl methyl sites for hydroxylation is 2. The minimum Gasteiger partial charge on any atom is -0.507 e. The number of benzene rings is 2. The lowest BCUT2D eigenvalue weighted by atomic mass is 9.92. The SMILES string of the molecule is CCCN1C(=O)C(=O)/C(=C(/O)c2ccc(F)c(C)c2)C1c1ccccc1C. The van der Waals surface area contributed by atoms with Crippen molar-refractivity contribution in [3.8, 4) is 0 Å². The van der Waals surface area contributed by atoms with Gasteiger partial charge in [0.25, 0.3) is 11.7 Å². The second-order valence-electron chi connectivity index (χ2n) is 6.81. The summed E-state index contributed by atoms with van der Waals surface area (Å²) < 4.78 is 13.6. The molecule has 0 spiro atoms. The Balaban J connectivity index is 2.23. The van der Waals surface area contributed by atoms with Crippen molar-refractivity contribution in [2.75, 3.05) is 6.54 Å². The molecule has 0 bridgehead atoms. The molecule has 27 heavy (non-hydrogen) atoms. The van der Waals surface area contributed by atoms with E-state index in [1.807, 2.05) is 38.1 Å². The van der Waals surface area contributed by atoms with Crippen LogP contribution in [0.5, 0.6) is 0 Å². The van der Waals surface area contributed by atoms with Crippen molar-refractivity contribution in [3.05, 3.63) is 76.1 Å². The number of ketones is 1. The molecule has 2 aromatic carbocycles. The summed E-state index contributed by atoms with van der Waals surface area (Å²) in [7, 11) is 0. The number of carbonyl (C=O) groups is 2. The number of likely N-dealkylation sites (tertiary alicyclic amines) is 1. The number of aliphatic hydroxyl groups excluding tert-OH is 1. The average Bonchev–Trinajstić information content (AvgIpc) is 2.89. The number of aliphatic hydroxyl groups is 1. The molecule has 2 aromatic rings. The Morgan fingerprint density at radius 2 is 1.81 bits per heavy atom. The van der Waals surface area contributed by atoms with E-state index in [4.69, 9.17) is 0 Å². The molecule has 1 unspecified atom stereocenters. The van der Waals surface area contributed by atoms with Crippen LogP contribution >= 0.6 is 0 Å². The molecule has 1 aliphatic rings. The molecule has 3 rings (SSSR count). The summed E-state index contributed by atoms with van der Waals surface area (Å²) in [4.78, 5) is 26.9. The van der Waals surface area contributed by atoms with Gasteiger partial charge in [0.05, 0.1) is 11.6 Å². The van der Waals surface area contributed by atoms with Crippen molar-refractivity contribution in [1.82, 2.24) is 4.90 Å². The summed E-state index contributed by atoms with van der Waals surface area (Å²) in [6, 6.07) is 11.0. The Labute approximate surface area is 157 Å². The number of carbonyl (C=O) groups excluding carboxylic acids is 2. The lowest BCUT2D eigenvalue weighted by molar-refractivity contribution is -0.139. The zero-order chi connectivity index (χ0) is 19.7. The highest BCUT2D eigenvalue weighted by atomic mass is 19.1. The fourth-order valence-electron chi connectivity index (χ4n) is 3.52. The topological polar surface area (TPSA) is 57.6 Å². The largest absolute Gasteiger partial charge is 0.507 e. The number of nitrogens with zero attached hydrogens (tertiary/aromatic N) is 1. The monoisotopic (exact) mass is 367 g/mol. The van der Waals surface area contributed by atoms with Gasteiger partial charge in [0.15, 0.2) is 0 Å². The first kappa shape index (κ1) is 18.8. The van der Waals surface area contributed by atoms with Gasteiger partial charge in [0, 0.05) is 12.1 Å². The molecule has 1 N–H and O–H groups in total. The standard InChI is InChI=1S/C22H22FNO3/c1-4-11-24-19(16-8-6-5-7-13(16)2)18(21(26)22(24)27)20(25)15-9-10-17(23)14(3)12-15/h5-10,12,19,25H,4,11H2,1-3H3/b20-18+. The van der Waals surface area contributed by atoms with E-state index in [0.29, 0.717) is 24.1 Å². The van der Waals surface area contributed by atoms with Gasteiger partial charge >= 0.3 is 0 Å². The van der Waals surface area contributed by atoms with E-state index in [9.17, 15) is 19.1 Å². The van der Waals surface area contributed by atoms with Crippen LogP contribution in [0, 0.1) is 19.7 Å². The van der Waals surface area contributed by atoms with Crippen LogP contribution in [0.4, 0.5) is 4.39 Å². The average molecular weight is 367 g/mol. The second-order valence-corrected chi connectivity index (χ2v) is 6.81. The van der Waals surface area contributed by atoms with Crippen LogP contribution in [0.25, 0.3) is 5.76 Å². The Bertz CT molecular complexity index is 948. The van der Waals surface area contributed by atoms with Gasteiger partial charge in [-0.15, -0.1) is 0 Å². The van der Waals surface area contributed by atoms with E-state index in [1.165, 1.54) is 23.1 Å². The predicted molar refractivity (Wildman–Crippen MR) is 102 cm³/mol. The third-order valence-corrected chi connectivity index (χ3v) is 4.92. The highest BCUT2D eigenvalue weighted by Crippen LogP contribution is 2.40. The Kier molecular flexibility index (Phi) is 5.13. The van der Waals surface area contributed by atoms with Crippen molar-refractivity contribution in [3.63, 3.8) is 0 Å². The number of Topliss-reactive ketones (excluding diaryl/α,β-unsaturated/α-hetero) is 1. The van der Waals surface area contributed by atoms with Gasteiger partial charge in [0.2, 0.25) is 0 Å². The predicted octanol–water partition coefficient (Wildman–Crippen LogP) is 4.27. The van der Waals surface area contributed by atoms with Gasteiger partial charge in [-0.25, -0.2) is 4.39 Å². The zero-order valence-corrected chi connectivity index (χ0v) is 15.6. The highest BCUT2D eigenvalue weighted by Gasteiger charge is 2.46. The van der Waals surface area contributed by atoms with Gasteiger partial charge in [-0.1, -0.05) is 31.2 Å². The van der Waals surface area contributed by atoms with Crippen molar-refractivity contribution in [1.29, 1.82) is 0 Å². The van der Waals surface area contributed by atoms with E-state index >= 15 is 0 Å². The van der Waals surface area contributed by atoms with Crippen LogP contribution in [0.1, 0.15) is 41.6 Å². The molecule has 1 saturated heterocycles. The summed E-state index contributed by atoms with van der Waals surface area (Å²) in [5.41, 5.74) is 2.45. The number of rotatable bonds is 4. The number of halogens is 1. The first-order valence-corrected chi connectivity index (χ1v) is 8.97. The van der Waals surface area contributed by atoms with Crippen molar-refractivity contribution < 1.29 is 19.1 Å². The molecule has 1 amide bonds. The smallest absolute Gasteiger partial charge is 0.295 e. The maximum Gasteiger partial charge on any atom is 0.295 e. The lowest BCUT2D eigenvalue weighted by Crippen LogP contribution is -2.30. The van der Waals surface area contributed by atoms with Crippen LogP contribution < -0.4 is 0 Å². The van der Waals surface area contributed by atoms with Gasteiger partial charge in [-0.2, -0.15) is 0 Å². The molecule has 140 valence electrons. The molecule has 5 heteroatoms. The molecule has 0 aliphatic carbocycles. The minimum absolute atomic E-state index is 0.0498. The van der Waals surface area contributed by atoms with Crippen molar-refractivity contribution in [2.24, 2.45) is 0 Å². The number of hydrogen-bond donors (Lipinski definition) is 1. The van der Waals surface area contributed by atoms with Crippen LogP contribution in [-0.2, 0) is 9.59 Å².